The minimum absolute atomic E-state index is 0.0762. The van der Waals surface area contributed by atoms with Crippen molar-refractivity contribution in [2.75, 3.05) is 33.4 Å². The van der Waals surface area contributed by atoms with Gasteiger partial charge in [-0.15, -0.1) is 0 Å². The molecule has 0 spiro atoms. The average Bonchev–Trinajstić information content (AvgIpc) is 3.08. The standard InChI is InChI=1S/C24H26F2N2O6/c1-32-24(31)21-18-8-9-27(23(30)16-6-4-7-17(25)22(16)26)10-11-28(18)20(29)13-19(21)34-14-15-5-2-3-12-33-15/h4,6-7,13,15H,2-3,5,8-12,14H2,1H3/t15-/m1/s1. The SMILES string of the molecule is COC(=O)c1c(OC[C@H]2CCCCO2)cc(=O)n2c1CCN(C(=O)c1cccc(F)c1F)CC2. The first-order chi connectivity index (χ1) is 16.4. The Kier molecular flexibility index (Phi) is 7.26. The number of pyridine rings is 1. The van der Waals surface area contributed by atoms with Gasteiger partial charge >= 0.3 is 5.97 Å². The van der Waals surface area contributed by atoms with Crippen molar-refractivity contribution < 1.29 is 32.6 Å². The Morgan fingerprint density at radius 1 is 1.18 bits per heavy atom. The smallest absolute Gasteiger partial charge is 0.343 e. The molecule has 1 fully saturated rings. The molecule has 1 aromatic carbocycles. The molecule has 0 N–H and O–H groups in total. The monoisotopic (exact) mass is 476 g/mol. The van der Waals surface area contributed by atoms with E-state index < -0.39 is 29.1 Å². The zero-order valence-corrected chi connectivity index (χ0v) is 18.9. The maximum Gasteiger partial charge on any atom is 0.343 e. The number of carbonyl (C=O) groups is 2. The molecule has 1 amide bonds. The number of hydrogen-bond acceptors (Lipinski definition) is 6. The van der Waals surface area contributed by atoms with Crippen molar-refractivity contribution in [3.8, 4) is 5.75 Å². The molecule has 4 rings (SSSR count). The van der Waals surface area contributed by atoms with Crippen LogP contribution in [0, 0.1) is 11.6 Å². The number of hydrogen-bond donors (Lipinski definition) is 0. The van der Waals surface area contributed by atoms with Crippen LogP contribution < -0.4 is 10.3 Å². The molecule has 1 saturated heterocycles. The van der Waals surface area contributed by atoms with Crippen molar-refractivity contribution in [3.05, 3.63) is 63.1 Å². The molecule has 0 bridgehead atoms. The Morgan fingerprint density at radius 3 is 2.74 bits per heavy atom. The summed E-state index contributed by atoms with van der Waals surface area (Å²) in [5.74, 6) is -3.59. The molecular formula is C24H26F2N2O6. The number of aromatic nitrogens is 1. The van der Waals surface area contributed by atoms with Crippen LogP contribution in [0.4, 0.5) is 8.78 Å². The Balaban J connectivity index is 1.61. The van der Waals surface area contributed by atoms with Crippen molar-refractivity contribution in [3.63, 3.8) is 0 Å². The zero-order valence-electron chi connectivity index (χ0n) is 18.9. The van der Waals surface area contributed by atoms with E-state index in [4.69, 9.17) is 14.2 Å². The number of amides is 1. The molecule has 3 heterocycles. The minimum atomic E-state index is -1.22. The van der Waals surface area contributed by atoms with Crippen molar-refractivity contribution in [1.29, 1.82) is 0 Å². The van der Waals surface area contributed by atoms with Gasteiger partial charge in [0.15, 0.2) is 11.6 Å². The van der Waals surface area contributed by atoms with Crippen LogP contribution >= 0.6 is 0 Å². The quantitative estimate of drug-likeness (QED) is 0.617. The molecular weight excluding hydrogens is 450 g/mol. The number of nitrogens with zero attached hydrogens (tertiary/aromatic N) is 2. The summed E-state index contributed by atoms with van der Waals surface area (Å²) in [6, 6.07) is 4.65. The molecule has 2 aliphatic rings. The van der Waals surface area contributed by atoms with E-state index in [1.54, 1.807) is 0 Å². The first kappa shape index (κ1) is 23.9. The third kappa shape index (κ3) is 4.82. The summed E-state index contributed by atoms with van der Waals surface area (Å²) in [6.07, 6.45) is 2.82. The second-order valence-electron chi connectivity index (χ2n) is 8.25. The topological polar surface area (TPSA) is 87.1 Å². The van der Waals surface area contributed by atoms with Crippen molar-refractivity contribution in [2.24, 2.45) is 0 Å². The number of benzene rings is 1. The lowest BCUT2D eigenvalue weighted by atomic mass is 10.1. The molecule has 0 unspecified atom stereocenters. The maximum atomic E-state index is 14.2. The molecule has 10 heteroatoms. The molecule has 0 aliphatic carbocycles. The number of rotatable bonds is 5. The van der Waals surface area contributed by atoms with Gasteiger partial charge in [0.2, 0.25) is 0 Å². The van der Waals surface area contributed by atoms with Gasteiger partial charge in [0, 0.05) is 44.4 Å². The molecule has 8 nitrogen and oxygen atoms in total. The van der Waals surface area contributed by atoms with E-state index >= 15 is 0 Å². The summed E-state index contributed by atoms with van der Waals surface area (Å²) in [7, 11) is 1.23. The lowest BCUT2D eigenvalue weighted by molar-refractivity contribution is -0.0114. The molecule has 2 aliphatic heterocycles. The highest BCUT2D eigenvalue weighted by Crippen LogP contribution is 2.26. The third-order valence-electron chi connectivity index (χ3n) is 6.15. The fourth-order valence-electron chi connectivity index (χ4n) is 4.35. The number of fused-ring (bicyclic) bond motifs is 1. The van der Waals surface area contributed by atoms with E-state index in [1.165, 1.54) is 34.8 Å². The maximum absolute atomic E-state index is 14.2. The van der Waals surface area contributed by atoms with Crippen molar-refractivity contribution >= 4 is 11.9 Å². The molecule has 1 aromatic heterocycles. The van der Waals surface area contributed by atoms with E-state index in [2.05, 4.69) is 0 Å². The van der Waals surface area contributed by atoms with Gasteiger partial charge in [-0.3, -0.25) is 9.59 Å². The van der Waals surface area contributed by atoms with Crippen LogP contribution in [0.15, 0.2) is 29.1 Å². The lowest BCUT2D eigenvalue weighted by Crippen LogP contribution is -2.35. The minimum Gasteiger partial charge on any atom is -0.490 e. The van der Waals surface area contributed by atoms with E-state index in [9.17, 15) is 23.2 Å². The highest BCUT2D eigenvalue weighted by atomic mass is 19.2. The summed E-state index contributed by atoms with van der Waals surface area (Å²) in [4.78, 5) is 39.8. The fourth-order valence-corrected chi connectivity index (χ4v) is 4.35. The molecule has 2 aromatic rings. The van der Waals surface area contributed by atoms with E-state index in [1.807, 2.05) is 0 Å². The van der Waals surface area contributed by atoms with E-state index in [0.717, 1.165) is 25.3 Å². The van der Waals surface area contributed by atoms with E-state index in [-0.39, 0.29) is 55.6 Å². The fraction of sp³-hybridized carbons (Fsp3) is 0.458. The first-order valence-corrected chi connectivity index (χ1v) is 11.2. The summed E-state index contributed by atoms with van der Waals surface area (Å²) in [5, 5.41) is 0. The van der Waals surface area contributed by atoms with Crippen LogP contribution in [-0.4, -0.2) is 60.9 Å². The summed E-state index contributed by atoms with van der Waals surface area (Å²) in [6.45, 7) is 1.08. The van der Waals surface area contributed by atoms with Gasteiger partial charge in [0.25, 0.3) is 11.5 Å². The molecule has 0 saturated carbocycles. The van der Waals surface area contributed by atoms with Gasteiger partial charge in [-0.1, -0.05) is 6.07 Å². The number of esters is 1. The van der Waals surface area contributed by atoms with Crippen LogP contribution in [0.5, 0.6) is 5.75 Å². The van der Waals surface area contributed by atoms with Gasteiger partial charge in [0.1, 0.15) is 17.9 Å². The van der Waals surface area contributed by atoms with Crippen molar-refractivity contribution in [1.82, 2.24) is 9.47 Å². The Hall–Kier alpha value is -3.27. The molecule has 182 valence electrons. The Bertz CT molecular complexity index is 1140. The largest absolute Gasteiger partial charge is 0.490 e. The third-order valence-corrected chi connectivity index (χ3v) is 6.15. The predicted octanol–water partition coefficient (Wildman–Crippen LogP) is 2.56. The lowest BCUT2D eigenvalue weighted by Gasteiger charge is -2.24. The highest BCUT2D eigenvalue weighted by molar-refractivity contribution is 5.95. The van der Waals surface area contributed by atoms with Crippen LogP contribution in [0.3, 0.4) is 0 Å². The van der Waals surface area contributed by atoms with Crippen molar-refractivity contribution in [2.45, 2.75) is 38.3 Å². The first-order valence-electron chi connectivity index (χ1n) is 11.2. The normalized spacial score (nSPS) is 18.1. The van der Waals surface area contributed by atoms with Crippen LogP contribution in [-0.2, 0) is 22.4 Å². The van der Waals surface area contributed by atoms with Crippen LogP contribution in [0.2, 0.25) is 0 Å². The Labute approximate surface area is 195 Å². The summed E-state index contributed by atoms with van der Waals surface area (Å²) >= 11 is 0. The highest BCUT2D eigenvalue weighted by Gasteiger charge is 2.29. The van der Waals surface area contributed by atoms with Gasteiger partial charge in [-0.2, -0.15) is 0 Å². The van der Waals surface area contributed by atoms with Gasteiger partial charge in [-0.25, -0.2) is 13.6 Å². The van der Waals surface area contributed by atoms with E-state index in [0.29, 0.717) is 12.3 Å². The summed E-state index contributed by atoms with van der Waals surface area (Å²) in [5.41, 5.74) is -0.297. The number of methoxy groups -OCH3 is 1. The molecule has 1 atom stereocenters. The second kappa shape index (κ2) is 10.3. The average molecular weight is 476 g/mol. The van der Waals surface area contributed by atoms with Crippen LogP contribution in [0.1, 0.15) is 45.7 Å². The zero-order chi connectivity index (χ0) is 24.2. The molecule has 34 heavy (non-hydrogen) atoms. The second-order valence-corrected chi connectivity index (χ2v) is 8.25. The van der Waals surface area contributed by atoms with Gasteiger partial charge < -0.3 is 23.7 Å². The Morgan fingerprint density at radius 2 is 2.00 bits per heavy atom. The van der Waals surface area contributed by atoms with Gasteiger partial charge in [-0.05, 0) is 31.4 Å². The van der Waals surface area contributed by atoms with Gasteiger partial charge in [0.05, 0.1) is 18.8 Å². The van der Waals surface area contributed by atoms with Crippen LogP contribution in [0.25, 0.3) is 0 Å². The number of halogens is 2. The molecule has 0 radical (unpaired) electrons. The number of ether oxygens (including phenoxy) is 3. The summed E-state index contributed by atoms with van der Waals surface area (Å²) < 4.78 is 45.7. The predicted molar refractivity (Wildman–Crippen MR) is 117 cm³/mol. The number of carbonyl (C=O) groups excluding carboxylic acids is 2.